The first kappa shape index (κ1) is 14.6. The van der Waals surface area contributed by atoms with Crippen LogP contribution in [0.2, 0.25) is 0 Å². The Morgan fingerprint density at radius 3 is 2.52 bits per heavy atom. The molecule has 0 saturated carbocycles. The molecular formula is C15H13FN2O3. The number of amides is 1. The van der Waals surface area contributed by atoms with Crippen LogP contribution in [0, 0.1) is 12.7 Å². The van der Waals surface area contributed by atoms with Gasteiger partial charge in [0.15, 0.2) is 0 Å². The van der Waals surface area contributed by atoms with E-state index in [2.05, 4.69) is 4.98 Å². The first-order valence-electron chi connectivity index (χ1n) is 6.14. The van der Waals surface area contributed by atoms with Crippen molar-refractivity contribution >= 4 is 11.9 Å². The highest BCUT2D eigenvalue weighted by molar-refractivity contribution is 5.94. The lowest BCUT2D eigenvalue weighted by Gasteiger charge is -2.09. The van der Waals surface area contributed by atoms with Gasteiger partial charge in [-0.3, -0.25) is 9.59 Å². The fourth-order valence-corrected chi connectivity index (χ4v) is 1.93. The SMILES string of the molecule is CC(=O)Oc1ccc(-c2ccc(F)c(C(N)=O)c2)c(C)n1. The third-order valence-electron chi connectivity index (χ3n) is 2.85. The van der Waals surface area contributed by atoms with Gasteiger partial charge in [-0.15, -0.1) is 0 Å². The van der Waals surface area contributed by atoms with Crippen molar-refractivity contribution in [1.82, 2.24) is 4.98 Å². The molecule has 0 aliphatic rings. The quantitative estimate of drug-likeness (QED) is 0.878. The van der Waals surface area contributed by atoms with Gasteiger partial charge in [0.1, 0.15) is 5.82 Å². The van der Waals surface area contributed by atoms with Crippen LogP contribution in [0.3, 0.4) is 0 Å². The molecule has 5 nitrogen and oxygen atoms in total. The molecule has 0 unspecified atom stereocenters. The van der Waals surface area contributed by atoms with Crippen molar-refractivity contribution in [2.75, 3.05) is 0 Å². The van der Waals surface area contributed by atoms with E-state index in [1.807, 2.05) is 0 Å². The summed E-state index contributed by atoms with van der Waals surface area (Å²) in [7, 11) is 0. The summed E-state index contributed by atoms with van der Waals surface area (Å²) in [5, 5.41) is 0. The van der Waals surface area contributed by atoms with E-state index in [0.717, 1.165) is 0 Å². The molecule has 0 radical (unpaired) electrons. The molecule has 1 aromatic heterocycles. The van der Waals surface area contributed by atoms with E-state index >= 15 is 0 Å². The number of nitrogens with two attached hydrogens (primary N) is 1. The Kier molecular flexibility index (Phi) is 3.98. The second kappa shape index (κ2) is 5.70. The van der Waals surface area contributed by atoms with Gasteiger partial charge in [0, 0.05) is 24.2 Å². The number of primary amides is 1. The number of ether oxygens (including phenoxy) is 1. The number of carbonyl (C=O) groups is 2. The van der Waals surface area contributed by atoms with Crippen LogP contribution in [0.1, 0.15) is 23.0 Å². The zero-order valence-corrected chi connectivity index (χ0v) is 11.5. The summed E-state index contributed by atoms with van der Waals surface area (Å²) in [5.74, 6) is -1.79. The van der Waals surface area contributed by atoms with Gasteiger partial charge >= 0.3 is 5.97 Å². The molecule has 0 aliphatic heterocycles. The largest absolute Gasteiger partial charge is 0.408 e. The van der Waals surface area contributed by atoms with E-state index in [1.54, 1.807) is 13.0 Å². The van der Waals surface area contributed by atoms with Crippen LogP contribution in [0.5, 0.6) is 5.88 Å². The highest BCUT2D eigenvalue weighted by Crippen LogP contribution is 2.26. The highest BCUT2D eigenvalue weighted by atomic mass is 19.1. The van der Waals surface area contributed by atoms with Crippen molar-refractivity contribution in [3.8, 4) is 17.0 Å². The Labute approximate surface area is 120 Å². The maximum Gasteiger partial charge on any atom is 0.309 e. The number of pyridine rings is 1. The third kappa shape index (κ3) is 3.22. The lowest BCUT2D eigenvalue weighted by atomic mass is 10.0. The van der Waals surface area contributed by atoms with Crippen LogP contribution in [0.15, 0.2) is 30.3 Å². The summed E-state index contributed by atoms with van der Waals surface area (Å²) < 4.78 is 18.4. The predicted octanol–water partition coefficient (Wildman–Crippen LogP) is 2.22. The molecule has 1 amide bonds. The Bertz CT molecular complexity index is 729. The molecule has 0 atom stereocenters. The summed E-state index contributed by atoms with van der Waals surface area (Å²) in [6, 6.07) is 7.27. The zero-order chi connectivity index (χ0) is 15.6. The van der Waals surface area contributed by atoms with Gasteiger partial charge in [-0.1, -0.05) is 6.07 Å². The van der Waals surface area contributed by atoms with Gasteiger partial charge in [-0.25, -0.2) is 9.37 Å². The molecule has 21 heavy (non-hydrogen) atoms. The molecule has 0 fully saturated rings. The fourth-order valence-electron chi connectivity index (χ4n) is 1.93. The van der Waals surface area contributed by atoms with E-state index in [9.17, 15) is 14.0 Å². The smallest absolute Gasteiger partial charge is 0.309 e. The molecule has 0 aliphatic carbocycles. The number of carbonyl (C=O) groups excluding carboxylic acids is 2. The number of halogens is 1. The molecule has 6 heteroatoms. The molecule has 2 N–H and O–H groups in total. The van der Waals surface area contributed by atoms with E-state index < -0.39 is 17.7 Å². The van der Waals surface area contributed by atoms with Gasteiger partial charge in [0.25, 0.3) is 5.91 Å². The van der Waals surface area contributed by atoms with Crippen molar-refractivity contribution in [1.29, 1.82) is 0 Å². The zero-order valence-electron chi connectivity index (χ0n) is 11.5. The number of hydrogen-bond acceptors (Lipinski definition) is 4. The number of benzene rings is 1. The molecular weight excluding hydrogens is 275 g/mol. The molecule has 0 spiro atoms. The number of rotatable bonds is 3. The Balaban J connectivity index is 2.45. The van der Waals surface area contributed by atoms with Gasteiger partial charge in [-0.2, -0.15) is 0 Å². The Hall–Kier alpha value is -2.76. The van der Waals surface area contributed by atoms with Gasteiger partial charge in [0.2, 0.25) is 5.88 Å². The predicted molar refractivity (Wildman–Crippen MR) is 74.2 cm³/mol. The third-order valence-corrected chi connectivity index (χ3v) is 2.85. The monoisotopic (exact) mass is 288 g/mol. The van der Waals surface area contributed by atoms with E-state index in [-0.39, 0.29) is 11.4 Å². The standard InChI is InChI=1S/C15H13FN2O3/c1-8-11(4-6-14(18-8)21-9(2)19)10-3-5-13(16)12(7-10)15(17)20/h3-7H,1-2H3,(H2,17,20). The Morgan fingerprint density at radius 2 is 1.95 bits per heavy atom. The van der Waals surface area contributed by atoms with E-state index in [1.165, 1.54) is 31.2 Å². The van der Waals surface area contributed by atoms with Crippen LogP contribution in [0.4, 0.5) is 4.39 Å². The summed E-state index contributed by atoms with van der Waals surface area (Å²) in [4.78, 5) is 26.2. The lowest BCUT2D eigenvalue weighted by Crippen LogP contribution is -2.13. The van der Waals surface area contributed by atoms with Crippen LogP contribution in [-0.2, 0) is 4.79 Å². The van der Waals surface area contributed by atoms with Crippen LogP contribution >= 0.6 is 0 Å². The van der Waals surface area contributed by atoms with E-state index in [0.29, 0.717) is 16.8 Å². The molecule has 2 rings (SSSR count). The number of aromatic nitrogens is 1. The molecule has 0 saturated heterocycles. The maximum atomic E-state index is 13.5. The minimum Gasteiger partial charge on any atom is -0.408 e. The molecule has 108 valence electrons. The van der Waals surface area contributed by atoms with Gasteiger partial charge in [0.05, 0.1) is 5.56 Å². The Morgan fingerprint density at radius 1 is 1.24 bits per heavy atom. The van der Waals surface area contributed by atoms with Crippen molar-refractivity contribution in [2.24, 2.45) is 5.73 Å². The average molecular weight is 288 g/mol. The number of aryl methyl sites for hydroxylation is 1. The van der Waals surface area contributed by atoms with Crippen LogP contribution < -0.4 is 10.5 Å². The first-order valence-corrected chi connectivity index (χ1v) is 6.14. The van der Waals surface area contributed by atoms with Gasteiger partial charge < -0.3 is 10.5 Å². The summed E-state index contributed by atoms with van der Waals surface area (Å²) in [5.41, 5.74) is 6.81. The summed E-state index contributed by atoms with van der Waals surface area (Å²) >= 11 is 0. The van der Waals surface area contributed by atoms with Crippen molar-refractivity contribution < 1.29 is 18.7 Å². The van der Waals surface area contributed by atoms with E-state index in [4.69, 9.17) is 10.5 Å². The lowest BCUT2D eigenvalue weighted by molar-refractivity contribution is -0.132. The van der Waals surface area contributed by atoms with Crippen molar-refractivity contribution in [2.45, 2.75) is 13.8 Å². The number of esters is 1. The van der Waals surface area contributed by atoms with Gasteiger partial charge in [-0.05, 0) is 30.7 Å². The molecule has 1 aromatic carbocycles. The highest BCUT2D eigenvalue weighted by Gasteiger charge is 2.12. The van der Waals surface area contributed by atoms with Crippen LogP contribution in [0.25, 0.3) is 11.1 Å². The average Bonchev–Trinajstić information content (AvgIpc) is 2.39. The van der Waals surface area contributed by atoms with Crippen molar-refractivity contribution in [3.05, 3.63) is 47.4 Å². The number of hydrogen-bond donors (Lipinski definition) is 1. The first-order chi connectivity index (χ1) is 9.88. The van der Waals surface area contributed by atoms with Crippen molar-refractivity contribution in [3.63, 3.8) is 0 Å². The minimum absolute atomic E-state index is 0.181. The molecule has 2 aromatic rings. The molecule has 1 heterocycles. The van der Waals surface area contributed by atoms with Crippen LogP contribution in [-0.4, -0.2) is 16.9 Å². The second-order valence-corrected chi connectivity index (χ2v) is 4.43. The normalized spacial score (nSPS) is 10.2. The summed E-state index contributed by atoms with van der Waals surface area (Å²) in [6.07, 6.45) is 0. The number of nitrogens with zero attached hydrogens (tertiary/aromatic N) is 1. The topological polar surface area (TPSA) is 82.3 Å². The maximum absolute atomic E-state index is 13.5. The molecule has 0 bridgehead atoms. The summed E-state index contributed by atoms with van der Waals surface area (Å²) in [6.45, 7) is 3.00. The second-order valence-electron chi connectivity index (χ2n) is 4.43. The fraction of sp³-hybridized carbons (Fsp3) is 0.133. The minimum atomic E-state index is -0.837.